The summed E-state index contributed by atoms with van der Waals surface area (Å²) in [6, 6.07) is 17.4. The van der Waals surface area contributed by atoms with E-state index in [2.05, 4.69) is 15.3 Å². The number of hydrogen-bond donors (Lipinski definition) is 2. The molecule has 1 aromatic heterocycles. The van der Waals surface area contributed by atoms with Crippen molar-refractivity contribution in [1.29, 1.82) is 0 Å². The summed E-state index contributed by atoms with van der Waals surface area (Å²) in [5.74, 6) is 0.693. The molecular formula is C17H15ClN4. The molecule has 0 amide bonds. The van der Waals surface area contributed by atoms with Gasteiger partial charge < -0.3 is 11.1 Å². The maximum Gasteiger partial charge on any atom is 0.198 e. The maximum absolute atomic E-state index is 6.02. The van der Waals surface area contributed by atoms with Gasteiger partial charge in [-0.3, -0.25) is 4.98 Å². The van der Waals surface area contributed by atoms with Crippen LogP contribution in [-0.4, -0.2) is 10.9 Å². The van der Waals surface area contributed by atoms with Gasteiger partial charge in [-0.15, -0.1) is 11.6 Å². The third kappa shape index (κ3) is 3.02. The summed E-state index contributed by atoms with van der Waals surface area (Å²) in [6.07, 6.45) is 1.75. The van der Waals surface area contributed by atoms with Gasteiger partial charge in [0.1, 0.15) is 0 Å². The topological polar surface area (TPSA) is 63.3 Å². The third-order valence-corrected chi connectivity index (χ3v) is 3.56. The summed E-state index contributed by atoms with van der Waals surface area (Å²) >= 11 is 5.91. The Morgan fingerprint density at radius 3 is 2.77 bits per heavy atom. The first kappa shape index (κ1) is 14.4. The van der Waals surface area contributed by atoms with Gasteiger partial charge in [-0.25, -0.2) is 4.99 Å². The van der Waals surface area contributed by atoms with E-state index in [4.69, 9.17) is 17.3 Å². The number of rotatable bonds is 3. The van der Waals surface area contributed by atoms with Crippen LogP contribution >= 0.6 is 11.6 Å². The van der Waals surface area contributed by atoms with E-state index in [1.165, 1.54) is 0 Å². The molecule has 22 heavy (non-hydrogen) atoms. The number of aliphatic imine (C=N–C) groups is 1. The molecule has 0 bridgehead atoms. The molecule has 0 fully saturated rings. The number of hydrogen-bond acceptors (Lipinski definition) is 2. The minimum Gasteiger partial charge on any atom is -0.369 e. The number of nitrogens with one attached hydrogen (secondary N) is 1. The molecule has 3 N–H and O–H groups in total. The van der Waals surface area contributed by atoms with Gasteiger partial charge in [0.15, 0.2) is 5.96 Å². The average molecular weight is 311 g/mol. The molecule has 5 heteroatoms. The molecule has 0 saturated carbocycles. The van der Waals surface area contributed by atoms with E-state index in [1.807, 2.05) is 54.6 Å². The Kier molecular flexibility index (Phi) is 4.21. The number of guanidine groups is 1. The van der Waals surface area contributed by atoms with Gasteiger partial charge in [-0.1, -0.05) is 36.4 Å². The fraction of sp³-hybridized carbons (Fsp3) is 0.0588. The second-order valence-electron chi connectivity index (χ2n) is 4.77. The Hall–Kier alpha value is -2.59. The van der Waals surface area contributed by atoms with Crippen molar-refractivity contribution in [2.45, 2.75) is 5.88 Å². The van der Waals surface area contributed by atoms with Crippen molar-refractivity contribution < 1.29 is 0 Å². The van der Waals surface area contributed by atoms with E-state index in [-0.39, 0.29) is 0 Å². The number of nitrogens with two attached hydrogens (primary N) is 1. The zero-order valence-electron chi connectivity index (χ0n) is 11.8. The van der Waals surface area contributed by atoms with Crippen LogP contribution in [0.25, 0.3) is 10.9 Å². The SMILES string of the molecule is NC(=Nc1ccccc1CCl)Nc1cccc2cccnc12. The quantitative estimate of drug-likeness (QED) is 0.436. The van der Waals surface area contributed by atoms with Crippen molar-refractivity contribution in [1.82, 2.24) is 4.98 Å². The van der Waals surface area contributed by atoms with Crippen molar-refractivity contribution in [3.8, 4) is 0 Å². The fourth-order valence-electron chi connectivity index (χ4n) is 2.23. The lowest BCUT2D eigenvalue weighted by Gasteiger charge is -2.09. The lowest BCUT2D eigenvalue weighted by atomic mass is 10.2. The zero-order chi connectivity index (χ0) is 15.4. The summed E-state index contributed by atoms with van der Waals surface area (Å²) in [7, 11) is 0. The highest BCUT2D eigenvalue weighted by Crippen LogP contribution is 2.22. The number of benzene rings is 2. The van der Waals surface area contributed by atoms with E-state index in [9.17, 15) is 0 Å². The van der Waals surface area contributed by atoms with E-state index in [1.54, 1.807) is 6.20 Å². The molecule has 0 spiro atoms. The van der Waals surface area contributed by atoms with Crippen LogP contribution < -0.4 is 11.1 Å². The first-order chi connectivity index (χ1) is 10.8. The van der Waals surface area contributed by atoms with Crippen molar-refractivity contribution in [2.24, 2.45) is 10.7 Å². The first-order valence-electron chi connectivity index (χ1n) is 6.87. The maximum atomic E-state index is 6.02. The lowest BCUT2D eigenvalue weighted by molar-refractivity contribution is 1.33. The predicted molar refractivity (Wildman–Crippen MR) is 92.6 cm³/mol. The number of fused-ring (bicyclic) bond motifs is 1. The minimum absolute atomic E-state index is 0.302. The Bertz CT molecular complexity index is 824. The minimum atomic E-state index is 0.302. The van der Waals surface area contributed by atoms with Crippen LogP contribution in [0.3, 0.4) is 0 Å². The van der Waals surface area contributed by atoms with Crippen LogP contribution in [0.5, 0.6) is 0 Å². The highest BCUT2D eigenvalue weighted by Gasteiger charge is 2.04. The fourth-order valence-corrected chi connectivity index (χ4v) is 2.46. The average Bonchev–Trinajstić information content (AvgIpc) is 2.55. The monoisotopic (exact) mass is 310 g/mol. The van der Waals surface area contributed by atoms with E-state index in [0.29, 0.717) is 11.8 Å². The Labute approximate surface area is 133 Å². The summed E-state index contributed by atoms with van der Waals surface area (Å²) in [5.41, 5.74) is 9.39. The summed E-state index contributed by atoms with van der Waals surface area (Å²) in [4.78, 5) is 8.78. The summed E-state index contributed by atoms with van der Waals surface area (Å²) in [6.45, 7) is 0. The van der Waals surface area contributed by atoms with Crippen LogP contribution in [0.15, 0.2) is 65.8 Å². The van der Waals surface area contributed by atoms with Crippen LogP contribution in [-0.2, 0) is 5.88 Å². The van der Waals surface area contributed by atoms with Crippen LogP contribution in [0.2, 0.25) is 0 Å². The molecule has 0 aliphatic heterocycles. The van der Waals surface area contributed by atoms with Gasteiger partial charge in [0.25, 0.3) is 0 Å². The molecule has 0 aliphatic carbocycles. The van der Waals surface area contributed by atoms with Gasteiger partial charge in [0, 0.05) is 17.5 Å². The molecule has 3 aromatic rings. The van der Waals surface area contributed by atoms with Gasteiger partial charge in [-0.05, 0) is 23.8 Å². The second kappa shape index (κ2) is 6.45. The van der Waals surface area contributed by atoms with Crippen molar-refractivity contribution >= 4 is 39.8 Å². The summed E-state index contributed by atoms with van der Waals surface area (Å²) in [5, 5.41) is 4.15. The zero-order valence-corrected chi connectivity index (χ0v) is 12.6. The molecule has 0 saturated heterocycles. The molecule has 0 radical (unpaired) electrons. The van der Waals surface area contributed by atoms with E-state index in [0.717, 1.165) is 27.8 Å². The van der Waals surface area contributed by atoms with Crippen LogP contribution in [0, 0.1) is 0 Å². The van der Waals surface area contributed by atoms with Crippen molar-refractivity contribution in [2.75, 3.05) is 5.32 Å². The van der Waals surface area contributed by atoms with E-state index >= 15 is 0 Å². The molecule has 3 rings (SSSR count). The van der Waals surface area contributed by atoms with Crippen molar-refractivity contribution in [3.63, 3.8) is 0 Å². The largest absolute Gasteiger partial charge is 0.369 e. The van der Waals surface area contributed by atoms with E-state index < -0.39 is 0 Å². The molecule has 0 atom stereocenters. The number of para-hydroxylation sites is 2. The van der Waals surface area contributed by atoms with Gasteiger partial charge in [-0.2, -0.15) is 0 Å². The van der Waals surface area contributed by atoms with Gasteiger partial charge in [0.2, 0.25) is 0 Å². The normalized spacial score (nSPS) is 11.6. The first-order valence-corrected chi connectivity index (χ1v) is 7.40. The smallest absolute Gasteiger partial charge is 0.198 e. The molecular weight excluding hydrogens is 296 g/mol. The number of anilines is 1. The molecule has 110 valence electrons. The highest BCUT2D eigenvalue weighted by molar-refractivity contribution is 6.17. The second-order valence-corrected chi connectivity index (χ2v) is 5.03. The molecule has 2 aromatic carbocycles. The van der Waals surface area contributed by atoms with Crippen molar-refractivity contribution in [3.05, 3.63) is 66.4 Å². The lowest BCUT2D eigenvalue weighted by Crippen LogP contribution is -2.22. The summed E-state index contributed by atoms with van der Waals surface area (Å²) < 4.78 is 0. The number of nitrogens with zero attached hydrogens (tertiary/aromatic N) is 2. The number of aromatic nitrogens is 1. The molecule has 0 aliphatic rings. The molecule has 0 unspecified atom stereocenters. The van der Waals surface area contributed by atoms with Crippen LogP contribution in [0.1, 0.15) is 5.56 Å². The number of alkyl halides is 1. The number of pyridine rings is 1. The van der Waals surface area contributed by atoms with Gasteiger partial charge >= 0.3 is 0 Å². The highest BCUT2D eigenvalue weighted by atomic mass is 35.5. The number of halogens is 1. The van der Waals surface area contributed by atoms with Crippen LogP contribution in [0.4, 0.5) is 11.4 Å². The Morgan fingerprint density at radius 2 is 1.91 bits per heavy atom. The van der Waals surface area contributed by atoms with Gasteiger partial charge in [0.05, 0.1) is 16.9 Å². The molecule has 4 nitrogen and oxygen atoms in total. The Morgan fingerprint density at radius 1 is 1.09 bits per heavy atom. The molecule has 1 heterocycles. The standard InChI is InChI=1S/C17H15ClN4/c18-11-13-5-1-2-8-14(13)21-17(19)22-15-9-3-6-12-7-4-10-20-16(12)15/h1-10H,11H2,(H3,19,21,22). The predicted octanol–water partition coefficient (Wildman–Crippen LogP) is 4.03. The Balaban J connectivity index is 1.93. The third-order valence-electron chi connectivity index (χ3n) is 3.27.